The summed E-state index contributed by atoms with van der Waals surface area (Å²) in [7, 11) is 0. The van der Waals surface area contributed by atoms with Crippen LogP contribution >= 0.6 is 22.9 Å². The van der Waals surface area contributed by atoms with E-state index in [0.29, 0.717) is 21.3 Å². The van der Waals surface area contributed by atoms with E-state index in [4.69, 9.17) is 11.6 Å². The van der Waals surface area contributed by atoms with Gasteiger partial charge in [-0.3, -0.25) is 9.59 Å². The van der Waals surface area contributed by atoms with Gasteiger partial charge in [0.15, 0.2) is 0 Å². The molecule has 0 radical (unpaired) electrons. The summed E-state index contributed by atoms with van der Waals surface area (Å²) in [4.78, 5) is 25.6. The molecule has 0 fully saturated rings. The van der Waals surface area contributed by atoms with Gasteiger partial charge >= 0.3 is 0 Å². The van der Waals surface area contributed by atoms with Crippen LogP contribution in [0.2, 0.25) is 5.02 Å². The molecule has 132 valence electrons. The molecule has 6 heteroatoms. The van der Waals surface area contributed by atoms with Crippen LogP contribution in [-0.4, -0.2) is 11.8 Å². The van der Waals surface area contributed by atoms with E-state index >= 15 is 0 Å². The van der Waals surface area contributed by atoms with E-state index in [-0.39, 0.29) is 11.8 Å². The van der Waals surface area contributed by atoms with Crippen molar-refractivity contribution in [3.8, 4) is 10.4 Å². The molecule has 0 bridgehead atoms. The lowest BCUT2D eigenvalue weighted by Crippen LogP contribution is -2.14. The van der Waals surface area contributed by atoms with Gasteiger partial charge in [0, 0.05) is 16.8 Å². The molecule has 0 saturated carbocycles. The highest BCUT2D eigenvalue weighted by Gasteiger charge is 2.13. The number of benzene rings is 2. The van der Waals surface area contributed by atoms with Crippen LogP contribution in [0.25, 0.3) is 10.4 Å². The van der Waals surface area contributed by atoms with E-state index in [0.717, 1.165) is 16.0 Å². The highest BCUT2D eigenvalue weighted by atomic mass is 35.5. The van der Waals surface area contributed by atoms with Crippen molar-refractivity contribution in [3.63, 3.8) is 0 Å². The molecule has 2 amide bonds. The van der Waals surface area contributed by atoms with Gasteiger partial charge in [-0.25, -0.2) is 0 Å². The van der Waals surface area contributed by atoms with Crippen molar-refractivity contribution in [3.05, 3.63) is 70.1 Å². The number of halogens is 1. The van der Waals surface area contributed by atoms with Gasteiger partial charge in [0.25, 0.3) is 5.91 Å². The molecule has 0 aliphatic rings. The van der Waals surface area contributed by atoms with Crippen molar-refractivity contribution in [2.24, 2.45) is 0 Å². The molecular formula is C20H17ClN2O2S. The first-order chi connectivity index (χ1) is 12.4. The summed E-state index contributed by atoms with van der Waals surface area (Å²) in [5.41, 5.74) is 3.15. The van der Waals surface area contributed by atoms with Crippen molar-refractivity contribution in [1.82, 2.24) is 0 Å². The number of carbonyl (C=O) groups is 2. The number of carbonyl (C=O) groups excluding carboxylic acids is 2. The molecule has 3 aromatic rings. The van der Waals surface area contributed by atoms with Crippen molar-refractivity contribution < 1.29 is 9.59 Å². The summed E-state index contributed by atoms with van der Waals surface area (Å²) in [5, 5.41) is 6.29. The number of aryl methyl sites for hydroxylation is 1. The van der Waals surface area contributed by atoms with Gasteiger partial charge in [0.05, 0.1) is 16.3 Å². The average Bonchev–Trinajstić information content (AvgIpc) is 3.08. The second-order valence-corrected chi connectivity index (χ2v) is 7.38. The first-order valence-corrected chi connectivity index (χ1v) is 9.17. The zero-order valence-corrected chi connectivity index (χ0v) is 15.9. The first-order valence-electron chi connectivity index (χ1n) is 7.98. The zero-order valence-electron chi connectivity index (χ0n) is 14.3. The third-order valence-electron chi connectivity index (χ3n) is 3.69. The second-order valence-electron chi connectivity index (χ2n) is 5.86. The average molecular weight is 385 g/mol. The highest BCUT2D eigenvalue weighted by Crippen LogP contribution is 2.30. The van der Waals surface area contributed by atoms with E-state index in [1.165, 1.54) is 18.3 Å². The topological polar surface area (TPSA) is 58.2 Å². The Morgan fingerprint density at radius 1 is 0.923 bits per heavy atom. The molecule has 2 N–H and O–H groups in total. The third kappa shape index (κ3) is 4.31. The van der Waals surface area contributed by atoms with Crippen LogP contribution in [0.4, 0.5) is 11.4 Å². The molecule has 0 saturated heterocycles. The number of hydrogen-bond acceptors (Lipinski definition) is 3. The molecule has 0 spiro atoms. The van der Waals surface area contributed by atoms with Crippen molar-refractivity contribution in [2.75, 3.05) is 10.6 Å². The Morgan fingerprint density at radius 3 is 2.35 bits per heavy atom. The summed E-state index contributed by atoms with van der Waals surface area (Å²) < 4.78 is 0. The quantitative estimate of drug-likeness (QED) is 0.616. The Balaban J connectivity index is 1.82. The fourth-order valence-corrected chi connectivity index (χ4v) is 3.51. The van der Waals surface area contributed by atoms with Crippen molar-refractivity contribution >= 4 is 46.1 Å². The molecular weight excluding hydrogens is 368 g/mol. The van der Waals surface area contributed by atoms with Gasteiger partial charge in [-0.1, -0.05) is 29.8 Å². The number of rotatable bonds is 4. The summed E-state index contributed by atoms with van der Waals surface area (Å²) in [5.74, 6) is -0.405. The smallest absolute Gasteiger partial charge is 0.265 e. The number of thiophene rings is 1. The molecule has 26 heavy (non-hydrogen) atoms. The molecule has 0 aliphatic heterocycles. The maximum Gasteiger partial charge on any atom is 0.265 e. The standard InChI is InChI=1S/C20H17ClN2O2S/c1-12-3-8-16(22-13(2)24)17(11-12)23-20(25)19-10-9-18(26-19)14-4-6-15(21)7-5-14/h3-11H,1-2H3,(H,22,24)(H,23,25). The van der Waals surface area contributed by atoms with Crippen LogP contribution in [0.3, 0.4) is 0 Å². The van der Waals surface area contributed by atoms with Gasteiger partial charge in [0.1, 0.15) is 0 Å². The van der Waals surface area contributed by atoms with Gasteiger partial charge in [-0.05, 0) is 54.4 Å². The van der Waals surface area contributed by atoms with Gasteiger partial charge in [-0.2, -0.15) is 0 Å². The summed E-state index contributed by atoms with van der Waals surface area (Å²) in [6.45, 7) is 3.36. The predicted octanol–water partition coefficient (Wildman–Crippen LogP) is 5.59. The van der Waals surface area contributed by atoms with Crippen LogP contribution in [-0.2, 0) is 4.79 Å². The minimum atomic E-state index is -0.215. The Bertz CT molecular complexity index is 964. The van der Waals surface area contributed by atoms with E-state index < -0.39 is 0 Å². The van der Waals surface area contributed by atoms with E-state index in [1.54, 1.807) is 12.1 Å². The fraction of sp³-hybridized carbons (Fsp3) is 0.100. The minimum absolute atomic E-state index is 0.189. The predicted molar refractivity (Wildman–Crippen MR) is 108 cm³/mol. The molecule has 0 unspecified atom stereocenters. The normalized spacial score (nSPS) is 10.4. The molecule has 0 atom stereocenters. The number of anilines is 2. The van der Waals surface area contributed by atoms with Crippen molar-refractivity contribution in [2.45, 2.75) is 13.8 Å². The first kappa shape index (κ1) is 18.2. The summed E-state index contributed by atoms with van der Waals surface area (Å²) in [6.07, 6.45) is 0. The molecule has 2 aromatic carbocycles. The van der Waals surface area contributed by atoms with Crippen LogP contribution in [0.1, 0.15) is 22.2 Å². The lowest BCUT2D eigenvalue weighted by Gasteiger charge is -2.11. The Labute approximate surface area is 160 Å². The Kier molecular flexibility index (Phi) is 5.40. The third-order valence-corrected chi connectivity index (χ3v) is 5.08. The molecule has 3 rings (SSSR count). The zero-order chi connectivity index (χ0) is 18.7. The SMILES string of the molecule is CC(=O)Nc1ccc(C)cc1NC(=O)c1ccc(-c2ccc(Cl)cc2)s1. The second kappa shape index (κ2) is 7.72. The van der Waals surface area contributed by atoms with E-state index in [1.807, 2.05) is 49.4 Å². The maximum absolute atomic E-state index is 12.6. The molecule has 4 nitrogen and oxygen atoms in total. The number of amides is 2. The summed E-state index contributed by atoms with van der Waals surface area (Å²) in [6, 6.07) is 16.7. The number of nitrogens with one attached hydrogen (secondary N) is 2. The highest BCUT2D eigenvalue weighted by molar-refractivity contribution is 7.17. The molecule has 0 aliphatic carbocycles. The van der Waals surface area contributed by atoms with Crippen LogP contribution in [0.15, 0.2) is 54.6 Å². The van der Waals surface area contributed by atoms with Crippen LogP contribution < -0.4 is 10.6 Å². The maximum atomic E-state index is 12.6. The Hall–Kier alpha value is -2.63. The van der Waals surface area contributed by atoms with Crippen LogP contribution in [0, 0.1) is 6.92 Å². The number of hydrogen-bond donors (Lipinski definition) is 2. The van der Waals surface area contributed by atoms with Crippen molar-refractivity contribution in [1.29, 1.82) is 0 Å². The lowest BCUT2D eigenvalue weighted by atomic mass is 10.2. The lowest BCUT2D eigenvalue weighted by molar-refractivity contribution is -0.114. The fourth-order valence-electron chi connectivity index (χ4n) is 2.47. The summed E-state index contributed by atoms with van der Waals surface area (Å²) >= 11 is 7.32. The van der Waals surface area contributed by atoms with Gasteiger partial charge in [-0.15, -0.1) is 11.3 Å². The van der Waals surface area contributed by atoms with Gasteiger partial charge < -0.3 is 10.6 Å². The monoisotopic (exact) mass is 384 g/mol. The molecule has 1 heterocycles. The van der Waals surface area contributed by atoms with E-state index in [2.05, 4.69) is 10.6 Å². The Morgan fingerprint density at radius 2 is 1.65 bits per heavy atom. The van der Waals surface area contributed by atoms with Crippen LogP contribution in [0.5, 0.6) is 0 Å². The van der Waals surface area contributed by atoms with E-state index in [9.17, 15) is 9.59 Å². The molecule has 1 aromatic heterocycles. The largest absolute Gasteiger partial charge is 0.325 e. The van der Waals surface area contributed by atoms with Gasteiger partial charge in [0.2, 0.25) is 5.91 Å². The minimum Gasteiger partial charge on any atom is -0.325 e.